The Morgan fingerprint density at radius 3 is 2.94 bits per heavy atom. The number of hydrogen-bond acceptors (Lipinski definition) is 5. The van der Waals surface area contributed by atoms with Crippen LogP contribution in [0.1, 0.15) is 44.0 Å². The number of aromatic nitrogens is 3. The molecule has 16 heavy (non-hydrogen) atoms. The molecule has 0 aliphatic rings. The average molecular weight is 227 g/mol. The van der Waals surface area contributed by atoms with Gasteiger partial charge in [0.15, 0.2) is 0 Å². The number of hydrogen-bond donors (Lipinski definition) is 0. The third-order valence-corrected chi connectivity index (χ3v) is 1.90. The van der Waals surface area contributed by atoms with Crippen LogP contribution in [0.15, 0.2) is 6.33 Å². The molecule has 0 saturated carbocycles. The standard InChI is InChI=1S/C10H17N3O3/c1-4-6-16-8(3)13-7-11-9(12-13)10(14)15-5-2/h7-8H,4-6H2,1-3H3. The van der Waals surface area contributed by atoms with Crippen molar-refractivity contribution in [1.29, 1.82) is 0 Å². The summed E-state index contributed by atoms with van der Waals surface area (Å²) in [6.07, 6.45) is 2.17. The van der Waals surface area contributed by atoms with Gasteiger partial charge in [-0.05, 0) is 20.3 Å². The number of carbonyl (C=O) groups excluding carboxylic acids is 1. The normalized spacial score (nSPS) is 12.4. The minimum absolute atomic E-state index is 0.0637. The van der Waals surface area contributed by atoms with Crippen molar-refractivity contribution in [3.05, 3.63) is 12.2 Å². The maximum Gasteiger partial charge on any atom is 0.378 e. The smallest absolute Gasteiger partial charge is 0.378 e. The van der Waals surface area contributed by atoms with Crippen molar-refractivity contribution in [3.63, 3.8) is 0 Å². The van der Waals surface area contributed by atoms with E-state index < -0.39 is 5.97 Å². The van der Waals surface area contributed by atoms with Gasteiger partial charge in [-0.15, -0.1) is 5.10 Å². The second-order valence-electron chi connectivity index (χ2n) is 3.24. The van der Waals surface area contributed by atoms with Crippen LogP contribution in [-0.4, -0.2) is 33.9 Å². The minimum Gasteiger partial charge on any atom is -0.460 e. The van der Waals surface area contributed by atoms with Crippen molar-refractivity contribution in [2.75, 3.05) is 13.2 Å². The molecule has 1 unspecified atom stereocenters. The summed E-state index contributed by atoms with van der Waals surface area (Å²) < 4.78 is 11.7. The number of esters is 1. The van der Waals surface area contributed by atoms with Crippen LogP contribution < -0.4 is 0 Å². The lowest BCUT2D eigenvalue weighted by atomic mass is 10.5. The van der Waals surface area contributed by atoms with Gasteiger partial charge < -0.3 is 9.47 Å². The molecule has 6 heteroatoms. The van der Waals surface area contributed by atoms with Crippen molar-refractivity contribution in [2.45, 2.75) is 33.4 Å². The Morgan fingerprint density at radius 1 is 1.56 bits per heavy atom. The van der Waals surface area contributed by atoms with Crippen molar-refractivity contribution >= 4 is 5.97 Å². The van der Waals surface area contributed by atoms with Crippen LogP contribution in [0.25, 0.3) is 0 Å². The SMILES string of the molecule is CCCOC(C)n1cnc(C(=O)OCC)n1. The zero-order valence-corrected chi connectivity index (χ0v) is 9.84. The first-order valence-electron chi connectivity index (χ1n) is 5.38. The molecule has 1 heterocycles. The van der Waals surface area contributed by atoms with Gasteiger partial charge in [0.25, 0.3) is 5.82 Å². The second-order valence-corrected chi connectivity index (χ2v) is 3.24. The largest absolute Gasteiger partial charge is 0.460 e. The van der Waals surface area contributed by atoms with Crippen molar-refractivity contribution in [2.24, 2.45) is 0 Å². The fourth-order valence-corrected chi connectivity index (χ4v) is 1.10. The van der Waals surface area contributed by atoms with E-state index in [-0.39, 0.29) is 12.1 Å². The Labute approximate surface area is 94.6 Å². The number of rotatable bonds is 6. The van der Waals surface area contributed by atoms with Gasteiger partial charge in [0.05, 0.1) is 6.61 Å². The molecular formula is C10H17N3O3. The highest BCUT2D eigenvalue weighted by atomic mass is 16.5. The summed E-state index contributed by atoms with van der Waals surface area (Å²) in [5, 5.41) is 3.99. The van der Waals surface area contributed by atoms with E-state index in [1.165, 1.54) is 11.0 Å². The third-order valence-electron chi connectivity index (χ3n) is 1.90. The van der Waals surface area contributed by atoms with E-state index in [1.807, 2.05) is 13.8 Å². The van der Waals surface area contributed by atoms with Crippen LogP contribution in [0.3, 0.4) is 0 Å². The fourth-order valence-electron chi connectivity index (χ4n) is 1.10. The molecule has 6 nitrogen and oxygen atoms in total. The van der Waals surface area contributed by atoms with E-state index >= 15 is 0 Å². The zero-order valence-electron chi connectivity index (χ0n) is 9.84. The molecular weight excluding hydrogens is 210 g/mol. The van der Waals surface area contributed by atoms with Gasteiger partial charge in [-0.2, -0.15) is 0 Å². The first-order valence-corrected chi connectivity index (χ1v) is 5.38. The summed E-state index contributed by atoms with van der Waals surface area (Å²) >= 11 is 0. The van der Waals surface area contributed by atoms with E-state index in [0.717, 1.165) is 6.42 Å². The van der Waals surface area contributed by atoms with Gasteiger partial charge in [-0.25, -0.2) is 14.5 Å². The summed E-state index contributed by atoms with van der Waals surface area (Å²) in [4.78, 5) is 15.2. The van der Waals surface area contributed by atoms with Gasteiger partial charge in [0.2, 0.25) is 0 Å². The lowest BCUT2D eigenvalue weighted by Gasteiger charge is -2.11. The maximum absolute atomic E-state index is 11.3. The summed E-state index contributed by atoms with van der Waals surface area (Å²) in [5.74, 6) is -0.447. The third kappa shape index (κ3) is 3.30. The average Bonchev–Trinajstić information content (AvgIpc) is 2.75. The molecule has 0 spiro atoms. The van der Waals surface area contributed by atoms with E-state index in [4.69, 9.17) is 9.47 Å². The van der Waals surface area contributed by atoms with Crippen LogP contribution in [0, 0.1) is 0 Å². The van der Waals surface area contributed by atoms with E-state index in [2.05, 4.69) is 10.1 Å². The Morgan fingerprint density at radius 2 is 2.31 bits per heavy atom. The molecule has 90 valence electrons. The van der Waals surface area contributed by atoms with Crippen LogP contribution in [0.2, 0.25) is 0 Å². The first kappa shape index (κ1) is 12.6. The Balaban J connectivity index is 2.59. The van der Waals surface area contributed by atoms with Gasteiger partial charge >= 0.3 is 5.97 Å². The highest BCUT2D eigenvalue weighted by Gasteiger charge is 2.14. The summed E-state index contributed by atoms with van der Waals surface area (Å²) in [7, 11) is 0. The van der Waals surface area contributed by atoms with Crippen LogP contribution in [0.4, 0.5) is 0 Å². The van der Waals surface area contributed by atoms with Crippen LogP contribution in [-0.2, 0) is 9.47 Å². The molecule has 0 radical (unpaired) electrons. The fraction of sp³-hybridized carbons (Fsp3) is 0.700. The highest BCUT2D eigenvalue weighted by Crippen LogP contribution is 2.06. The predicted octanol–water partition coefficient (Wildman–Crippen LogP) is 1.40. The van der Waals surface area contributed by atoms with Crippen LogP contribution >= 0.6 is 0 Å². The molecule has 0 amide bonds. The number of ether oxygens (including phenoxy) is 2. The van der Waals surface area contributed by atoms with Gasteiger partial charge in [-0.3, -0.25) is 0 Å². The molecule has 0 fully saturated rings. The second kappa shape index (κ2) is 6.22. The minimum atomic E-state index is -0.510. The van der Waals surface area contributed by atoms with Gasteiger partial charge in [0, 0.05) is 6.61 Å². The van der Waals surface area contributed by atoms with E-state index in [9.17, 15) is 4.79 Å². The quantitative estimate of drug-likeness (QED) is 0.687. The molecule has 0 N–H and O–H groups in total. The van der Waals surface area contributed by atoms with E-state index in [0.29, 0.717) is 13.2 Å². The highest BCUT2D eigenvalue weighted by molar-refractivity contribution is 5.84. The maximum atomic E-state index is 11.3. The van der Waals surface area contributed by atoms with Crippen molar-refractivity contribution < 1.29 is 14.3 Å². The Hall–Kier alpha value is -1.43. The molecule has 0 aliphatic carbocycles. The molecule has 0 aromatic carbocycles. The summed E-state index contributed by atoms with van der Waals surface area (Å²) in [5.41, 5.74) is 0. The summed E-state index contributed by atoms with van der Waals surface area (Å²) in [6.45, 7) is 6.57. The van der Waals surface area contributed by atoms with Crippen LogP contribution in [0.5, 0.6) is 0 Å². The lowest BCUT2D eigenvalue weighted by Crippen LogP contribution is -2.12. The number of nitrogens with zero attached hydrogens (tertiary/aromatic N) is 3. The lowest BCUT2D eigenvalue weighted by molar-refractivity contribution is 0.00754. The van der Waals surface area contributed by atoms with Gasteiger partial charge in [0.1, 0.15) is 12.6 Å². The molecule has 1 aromatic heterocycles. The zero-order chi connectivity index (χ0) is 12.0. The monoisotopic (exact) mass is 227 g/mol. The topological polar surface area (TPSA) is 66.2 Å². The summed E-state index contributed by atoms with van der Waals surface area (Å²) in [6, 6.07) is 0. The molecule has 0 aliphatic heterocycles. The van der Waals surface area contributed by atoms with Gasteiger partial charge in [-0.1, -0.05) is 6.92 Å². The molecule has 1 rings (SSSR count). The molecule has 0 saturated heterocycles. The molecule has 0 bridgehead atoms. The van der Waals surface area contributed by atoms with E-state index in [1.54, 1.807) is 6.92 Å². The molecule has 1 aromatic rings. The Bertz CT molecular complexity index is 338. The number of carbonyl (C=O) groups is 1. The van der Waals surface area contributed by atoms with Crippen molar-refractivity contribution in [3.8, 4) is 0 Å². The predicted molar refractivity (Wildman–Crippen MR) is 56.9 cm³/mol. The Kier molecular flexibility index (Phi) is 4.91. The molecule has 1 atom stereocenters. The first-order chi connectivity index (χ1) is 7.69. The van der Waals surface area contributed by atoms with Crippen molar-refractivity contribution in [1.82, 2.24) is 14.8 Å².